The summed E-state index contributed by atoms with van der Waals surface area (Å²) in [6.45, 7) is 2.26. The van der Waals surface area contributed by atoms with Crippen LogP contribution in [0.3, 0.4) is 0 Å². The van der Waals surface area contributed by atoms with Gasteiger partial charge in [0.05, 0.1) is 24.0 Å². The maximum absolute atomic E-state index is 12.2. The molecule has 1 saturated heterocycles. The molecule has 26 heavy (non-hydrogen) atoms. The number of carbonyl (C=O) groups excluding carboxylic acids is 1. The highest BCUT2D eigenvalue weighted by molar-refractivity contribution is 7.90. The second kappa shape index (κ2) is 8.01. The van der Waals surface area contributed by atoms with Crippen molar-refractivity contribution < 1.29 is 22.4 Å². The molecule has 2 heterocycles. The lowest BCUT2D eigenvalue weighted by Crippen LogP contribution is -2.39. The van der Waals surface area contributed by atoms with Crippen LogP contribution in [0.1, 0.15) is 30.7 Å². The van der Waals surface area contributed by atoms with E-state index in [1.165, 1.54) is 0 Å². The Kier molecular flexibility index (Phi) is 5.73. The summed E-state index contributed by atoms with van der Waals surface area (Å²) in [4.78, 5) is 16.5. The van der Waals surface area contributed by atoms with Gasteiger partial charge in [-0.15, -0.1) is 0 Å². The second-order valence-corrected chi connectivity index (χ2v) is 8.13. The summed E-state index contributed by atoms with van der Waals surface area (Å²) in [5, 5.41) is 0. The summed E-state index contributed by atoms with van der Waals surface area (Å²) in [6.07, 6.45) is 2.06. The number of sulfonamides is 1. The Morgan fingerprint density at radius 2 is 2.04 bits per heavy atom. The fourth-order valence-corrected chi connectivity index (χ4v) is 4.14. The predicted octanol–water partition coefficient (Wildman–Crippen LogP) is 2.21. The van der Waals surface area contributed by atoms with Gasteiger partial charge in [0.15, 0.2) is 0 Å². The molecule has 1 aliphatic heterocycles. The van der Waals surface area contributed by atoms with E-state index in [1.807, 2.05) is 30.3 Å². The van der Waals surface area contributed by atoms with Crippen LogP contribution < -0.4 is 4.72 Å². The number of ether oxygens (including phenoxy) is 1. The van der Waals surface area contributed by atoms with Crippen molar-refractivity contribution in [2.24, 2.45) is 0 Å². The third kappa shape index (κ3) is 4.92. The Bertz CT molecular complexity index is 855. The Morgan fingerprint density at radius 1 is 1.27 bits per heavy atom. The average Bonchev–Trinajstić information content (AvgIpc) is 2.96. The number of oxazole rings is 1. The first-order chi connectivity index (χ1) is 12.4. The van der Waals surface area contributed by atoms with Crippen LogP contribution in [0, 0.1) is 6.92 Å². The van der Waals surface area contributed by atoms with Gasteiger partial charge >= 0.3 is 0 Å². The maximum atomic E-state index is 12.2. The third-order valence-electron chi connectivity index (χ3n) is 4.19. The van der Waals surface area contributed by atoms with E-state index in [4.69, 9.17) is 9.15 Å². The van der Waals surface area contributed by atoms with Gasteiger partial charge < -0.3 is 9.15 Å². The van der Waals surface area contributed by atoms with Gasteiger partial charge in [-0.3, -0.25) is 9.52 Å². The zero-order valence-corrected chi connectivity index (χ0v) is 15.4. The van der Waals surface area contributed by atoms with Gasteiger partial charge in [0.1, 0.15) is 5.76 Å². The van der Waals surface area contributed by atoms with Crippen molar-refractivity contribution in [1.82, 2.24) is 9.71 Å². The number of amides is 1. The SMILES string of the molecule is Cc1oc(-c2ccccc2)nc1CC(=O)NS(=O)(=O)C[C@@H]1CCCCO1. The van der Waals surface area contributed by atoms with Crippen molar-refractivity contribution >= 4 is 15.9 Å². The summed E-state index contributed by atoms with van der Waals surface area (Å²) >= 11 is 0. The van der Waals surface area contributed by atoms with Crippen LogP contribution >= 0.6 is 0 Å². The Hall–Kier alpha value is -2.19. The first-order valence-corrected chi connectivity index (χ1v) is 10.2. The zero-order chi connectivity index (χ0) is 18.6. The molecule has 3 rings (SSSR count). The molecule has 0 spiro atoms. The van der Waals surface area contributed by atoms with Crippen LogP contribution in [0.4, 0.5) is 0 Å². The molecule has 8 heteroatoms. The van der Waals surface area contributed by atoms with E-state index in [1.54, 1.807) is 6.92 Å². The minimum Gasteiger partial charge on any atom is -0.441 e. The molecule has 2 aromatic rings. The molecular weight excluding hydrogens is 356 g/mol. The standard InChI is InChI=1S/C18H22N2O5S/c1-13-16(19-18(25-13)14-7-3-2-4-8-14)11-17(21)20-26(22,23)12-15-9-5-6-10-24-15/h2-4,7-8,15H,5-6,9-12H2,1H3,(H,20,21)/t15-/m0/s1. The molecule has 0 radical (unpaired) electrons. The molecule has 1 aliphatic rings. The molecule has 0 aliphatic carbocycles. The van der Waals surface area contributed by atoms with Gasteiger partial charge in [0.25, 0.3) is 0 Å². The maximum Gasteiger partial charge on any atom is 0.239 e. The van der Waals surface area contributed by atoms with E-state index in [2.05, 4.69) is 9.71 Å². The number of rotatable bonds is 6. The van der Waals surface area contributed by atoms with Gasteiger partial charge in [-0.1, -0.05) is 18.2 Å². The van der Waals surface area contributed by atoms with Crippen LogP contribution in [0.15, 0.2) is 34.7 Å². The van der Waals surface area contributed by atoms with E-state index < -0.39 is 15.9 Å². The minimum atomic E-state index is -3.74. The van der Waals surface area contributed by atoms with Crippen molar-refractivity contribution in [1.29, 1.82) is 0 Å². The van der Waals surface area contributed by atoms with Crippen LogP contribution in [0.5, 0.6) is 0 Å². The number of aromatic nitrogens is 1. The normalized spacial score (nSPS) is 17.8. The lowest BCUT2D eigenvalue weighted by Gasteiger charge is -2.22. The molecule has 1 aromatic heterocycles. The molecule has 1 aromatic carbocycles. The highest BCUT2D eigenvalue weighted by Gasteiger charge is 2.24. The van der Waals surface area contributed by atoms with E-state index in [9.17, 15) is 13.2 Å². The number of hydrogen-bond donors (Lipinski definition) is 1. The zero-order valence-electron chi connectivity index (χ0n) is 14.6. The number of carbonyl (C=O) groups is 1. The topological polar surface area (TPSA) is 98.5 Å². The van der Waals surface area contributed by atoms with Gasteiger partial charge in [0.2, 0.25) is 21.8 Å². The second-order valence-electron chi connectivity index (χ2n) is 6.36. The molecule has 7 nitrogen and oxygen atoms in total. The molecule has 1 fully saturated rings. The molecule has 0 unspecified atom stereocenters. The average molecular weight is 378 g/mol. The van der Waals surface area contributed by atoms with Crippen molar-refractivity contribution in [3.63, 3.8) is 0 Å². The lowest BCUT2D eigenvalue weighted by molar-refractivity contribution is -0.118. The summed E-state index contributed by atoms with van der Waals surface area (Å²) in [6, 6.07) is 9.31. The van der Waals surface area contributed by atoms with Crippen molar-refractivity contribution in [3.05, 3.63) is 41.8 Å². The van der Waals surface area contributed by atoms with Crippen LogP contribution in [-0.4, -0.2) is 37.8 Å². The Labute approximate surface area is 152 Å². The first kappa shape index (κ1) is 18.6. The number of nitrogens with one attached hydrogen (secondary N) is 1. The molecule has 140 valence electrons. The van der Waals surface area contributed by atoms with E-state index in [0.29, 0.717) is 30.4 Å². The highest BCUT2D eigenvalue weighted by atomic mass is 32.2. The van der Waals surface area contributed by atoms with Crippen molar-refractivity contribution in [2.75, 3.05) is 12.4 Å². The molecule has 1 atom stereocenters. The van der Waals surface area contributed by atoms with Crippen molar-refractivity contribution in [3.8, 4) is 11.5 Å². The third-order valence-corrected chi connectivity index (χ3v) is 5.54. The monoisotopic (exact) mass is 378 g/mol. The minimum absolute atomic E-state index is 0.160. The van der Waals surface area contributed by atoms with Gasteiger partial charge in [0, 0.05) is 12.2 Å². The summed E-state index contributed by atoms with van der Waals surface area (Å²) in [5.74, 6) is 0.0689. The largest absolute Gasteiger partial charge is 0.441 e. The highest BCUT2D eigenvalue weighted by Crippen LogP contribution is 2.21. The lowest BCUT2D eigenvalue weighted by atomic mass is 10.1. The Morgan fingerprint density at radius 3 is 2.73 bits per heavy atom. The van der Waals surface area contributed by atoms with Gasteiger partial charge in [-0.2, -0.15) is 0 Å². The predicted molar refractivity (Wildman–Crippen MR) is 95.9 cm³/mol. The summed E-state index contributed by atoms with van der Waals surface area (Å²) < 4.78 is 37.4. The number of benzene rings is 1. The fourth-order valence-electron chi connectivity index (χ4n) is 2.88. The van der Waals surface area contributed by atoms with Gasteiger partial charge in [-0.05, 0) is 38.3 Å². The van der Waals surface area contributed by atoms with Crippen LogP contribution in [-0.2, 0) is 26.0 Å². The Balaban J connectivity index is 1.62. The van der Waals surface area contributed by atoms with Crippen LogP contribution in [0.2, 0.25) is 0 Å². The van der Waals surface area contributed by atoms with E-state index in [0.717, 1.165) is 18.4 Å². The van der Waals surface area contributed by atoms with Crippen molar-refractivity contribution in [2.45, 2.75) is 38.7 Å². The summed E-state index contributed by atoms with van der Waals surface area (Å²) in [7, 11) is -3.74. The van der Waals surface area contributed by atoms with E-state index in [-0.39, 0.29) is 18.3 Å². The number of hydrogen-bond acceptors (Lipinski definition) is 6. The number of aryl methyl sites for hydroxylation is 1. The van der Waals surface area contributed by atoms with Crippen LogP contribution in [0.25, 0.3) is 11.5 Å². The quantitative estimate of drug-likeness (QED) is 0.827. The van der Waals surface area contributed by atoms with Gasteiger partial charge in [-0.25, -0.2) is 13.4 Å². The molecular formula is C18H22N2O5S. The smallest absolute Gasteiger partial charge is 0.239 e. The molecule has 1 N–H and O–H groups in total. The molecule has 1 amide bonds. The molecule has 0 saturated carbocycles. The van der Waals surface area contributed by atoms with E-state index >= 15 is 0 Å². The number of nitrogens with zero attached hydrogens (tertiary/aromatic N) is 1. The fraction of sp³-hybridized carbons (Fsp3) is 0.444. The first-order valence-electron chi connectivity index (χ1n) is 8.59. The summed E-state index contributed by atoms with van der Waals surface area (Å²) in [5.41, 5.74) is 1.22. The molecule has 0 bridgehead atoms.